The van der Waals surface area contributed by atoms with Gasteiger partial charge in [0.1, 0.15) is 23.4 Å². The van der Waals surface area contributed by atoms with Gasteiger partial charge in [-0.15, -0.1) is 11.3 Å². The summed E-state index contributed by atoms with van der Waals surface area (Å²) in [5.74, 6) is -0.802. The lowest BCUT2D eigenvalue weighted by molar-refractivity contribution is -0.121. The molecule has 1 aliphatic heterocycles. The molecular weight excluding hydrogens is 318 g/mol. The van der Waals surface area contributed by atoms with Crippen molar-refractivity contribution in [2.75, 3.05) is 6.54 Å². The van der Waals surface area contributed by atoms with Crippen LogP contribution in [-0.2, 0) is 4.79 Å². The predicted molar refractivity (Wildman–Crippen MR) is 83.7 cm³/mol. The van der Waals surface area contributed by atoms with Crippen LogP contribution in [0.15, 0.2) is 22.0 Å². The molecule has 2 atom stereocenters. The molecule has 0 radical (unpaired) electrons. The van der Waals surface area contributed by atoms with Crippen LogP contribution in [-0.4, -0.2) is 39.6 Å². The Morgan fingerprint density at radius 2 is 2.35 bits per heavy atom. The van der Waals surface area contributed by atoms with Crippen molar-refractivity contribution in [3.05, 3.63) is 28.8 Å². The second kappa shape index (κ2) is 6.13. The van der Waals surface area contributed by atoms with Crippen LogP contribution in [0.1, 0.15) is 42.0 Å². The Morgan fingerprint density at radius 1 is 1.57 bits per heavy atom. The number of aromatic nitrogens is 1. The molecule has 7 nitrogen and oxygen atoms in total. The minimum Gasteiger partial charge on any atom is -0.385 e. The van der Waals surface area contributed by atoms with Gasteiger partial charge in [0.2, 0.25) is 5.91 Å². The molecule has 122 valence electrons. The van der Waals surface area contributed by atoms with Crippen LogP contribution < -0.4 is 5.73 Å². The van der Waals surface area contributed by atoms with Crippen LogP contribution >= 0.6 is 11.3 Å². The summed E-state index contributed by atoms with van der Waals surface area (Å²) in [6, 6.07) is 3.03. The highest BCUT2D eigenvalue weighted by atomic mass is 32.1. The van der Waals surface area contributed by atoms with Gasteiger partial charge >= 0.3 is 0 Å². The van der Waals surface area contributed by atoms with Crippen LogP contribution in [0.4, 0.5) is 0 Å². The van der Waals surface area contributed by atoms with E-state index in [1.807, 2.05) is 17.5 Å². The first kappa shape index (κ1) is 15.7. The van der Waals surface area contributed by atoms with Gasteiger partial charge in [-0.05, 0) is 31.2 Å². The third-order valence-electron chi connectivity index (χ3n) is 3.91. The molecule has 2 aromatic rings. The number of rotatable bonds is 4. The fraction of sp³-hybridized carbons (Fsp3) is 0.400. The zero-order chi connectivity index (χ0) is 16.6. The lowest BCUT2D eigenvalue weighted by atomic mass is 10.1. The van der Waals surface area contributed by atoms with Crippen LogP contribution in [0.3, 0.4) is 0 Å². The number of primary amides is 1. The normalized spacial score (nSPS) is 19.0. The summed E-state index contributed by atoms with van der Waals surface area (Å²) in [5.41, 5.74) is 5.98. The van der Waals surface area contributed by atoms with Crippen LogP contribution in [0.25, 0.3) is 10.6 Å². The molecule has 1 saturated heterocycles. The molecule has 0 saturated carbocycles. The van der Waals surface area contributed by atoms with Gasteiger partial charge in [-0.2, -0.15) is 0 Å². The molecular formula is C15H17N3O4S. The van der Waals surface area contributed by atoms with Gasteiger partial charge in [0, 0.05) is 6.54 Å². The maximum atomic E-state index is 13.0. The standard InChI is InChI=1S/C15H17N3O4S/c1-8(19)13-11(12(17-22-13)10-5-3-7-23-10)15(21)18-6-2-4-9(18)14(16)20/h3,5,7-9,19H,2,4,6H2,1H3,(H2,16,20)/t8-,9-/m0/s1. The number of nitrogens with zero attached hydrogens (tertiary/aromatic N) is 2. The zero-order valence-electron chi connectivity index (χ0n) is 12.6. The van der Waals surface area contributed by atoms with Crippen molar-refractivity contribution in [2.24, 2.45) is 5.73 Å². The van der Waals surface area contributed by atoms with Crippen LogP contribution in [0.2, 0.25) is 0 Å². The summed E-state index contributed by atoms with van der Waals surface area (Å²) < 4.78 is 5.20. The summed E-state index contributed by atoms with van der Waals surface area (Å²) in [5, 5.41) is 15.7. The molecule has 3 N–H and O–H groups in total. The van der Waals surface area contributed by atoms with Crippen molar-refractivity contribution in [3.63, 3.8) is 0 Å². The fourth-order valence-electron chi connectivity index (χ4n) is 2.83. The number of amides is 2. The van der Waals surface area contributed by atoms with E-state index >= 15 is 0 Å². The number of carbonyl (C=O) groups excluding carboxylic acids is 2. The SMILES string of the molecule is C[C@H](O)c1onc(-c2cccs2)c1C(=O)N1CCC[C@H]1C(N)=O. The van der Waals surface area contributed by atoms with Crippen molar-refractivity contribution in [3.8, 4) is 10.6 Å². The Morgan fingerprint density at radius 3 is 2.96 bits per heavy atom. The van der Waals surface area contributed by atoms with E-state index in [1.165, 1.54) is 23.2 Å². The second-order valence-corrected chi connectivity index (χ2v) is 6.43. The van der Waals surface area contributed by atoms with E-state index in [0.29, 0.717) is 25.1 Å². The molecule has 2 amide bonds. The molecule has 0 unspecified atom stereocenters. The fourth-order valence-corrected chi connectivity index (χ4v) is 3.54. The first-order valence-electron chi connectivity index (χ1n) is 7.32. The first-order chi connectivity index (χ1) is 11.0. The van der Waals surface area contributed by atoms with E-state index in [1.54, 1.807) is 0 Å². The van der Waals surface area contributed by atoms with E-state index in [0.717, 1.165) is 4.88 Å². The molecule has 1 fully saturated rings. The summed E-state index contributed by atoms with van der Waals surface area (Å²) in [6.07, 6.45) is 0.276. The number of carbonyl (C=O) groups is 2. The van der Waals surface area contributed by atoms with Gasteiger partial charge in [-0.25, -0.2) is 0 Å². The molecule has 0 bridgehead atoms. The molecule has 0 spiro atoms. The largest absolute Gasteiger partial charge is 0.385 e. The lowest BCUT2D eigenvalue weighted by Crippen LogP contribution is -2.44. The van der Waals surface area contributed by atoms with Crippen molar-refractivity contribution in [1.82, 2.24) is 10.1 Å². The number of hydrogen-bond donors (Lipinski definition) is 2. The maximum absolute atomic E-state index is 13.0. The quantitative estimate of drug-likeness (QED) is 0.881. The Balaban J connectivity index is 2.05. The van der Waals surface area contributed by atoms with Crippen LogP contribution in [0.5, 0.6) is 0 Å². The minimum absolute atomic E-state index is 0.105. The number of likely N-dealkylation sites (tertiary alicyclic amines) is 1. The third kappa shape index (κ3) is 2.75. The Kier molecular flexibility index (Phi) is 4.18. The Labute approximate surface area is 136 Å². The van der Waals surface area contributed by atoms with E-state index in [2.05, 4.69) is 5.16 Å². The predicted octanol–water partition coefficient (Wildman–Crippen LogP) is 1.55. The average molecular weight is 335 g/mol. The highest BCUT2D eigenvalue weighted by molar-refractivity contribution is 7.13. The van der Waals surface area contributed by atoms with Gasteiger partial charge < -0.3 is 20.3 Å². The Bertz CT molecular complexity index is 723. The second-order valence-electron chi connectivity index (χ2n) is 5.48. The summed E-state index contributed by atoms with van der Waals surface area (Å²) in [7, 11) is 0. The van der Waals surface area contributed by atoms with E-state index in [9.17, 15) is 14.7 Å². The van der Waals surface area contributed by atoms with Gasteiger partial charge in [0.05, 0.1) is 4.88 Å². The van der Waals surface area contributed by atoms with E-state index in [-0.39, 0.29) is 17.2 Å². The van der Waals surface area contributed by atoms with Crippen molar-refractivity contribution < 1.29 is 19.2 Å². The molecule has 0 aromatic carbocycles. The molecule has 3 heterocycles. The van der Waals surface area contributed by atoms with Gasteiger partial charge in [-0.1, -0.05) is 11.2 Å². The third-order valence-corrected chi connectivity index (χ3v) is 4.79. The monoisotopic (exact) mass is 335 g/mol. The summed E-state index contributed by atoms with van der Waals surface area (Å²) in [6.45, 7) is 1.95. The number of aliphatic hydroxyl groups is 1. The maximum Gasteiger partial charge on any atom is 0.260 e. The van der Waals surface area contributed by atoms with Crippen molar-refractivity contribution in [2.45, 2.75) is 31.9 Å². The molecule has 3 rings (SSSR count). The van der Waals surface area contributed by atoms with E-state index < -0.39 is 18.1 Å². The molecule has 1 aliphatic rings. The minimum atomic E-state index is -0.982. The number of nitrogens with two attached hydrogens (primary N) is 1. The van der Waals surface area contributed by atoms with Crippen molar-refractivity contribution >= 4 is 23.2 Å². The highest BCUT2D eigenvalue weighted by Gasteiger charge is 2.37. The Hall–Kier alpha value is -2.19. The number of hydrogen-bond acceptors (Lipinski definition) is 6. The molecule has 8 heteroatoms. The van der Waals surface area contributed by atoms with Crippen LogP contribution in [0, 0.1) is 0 Å². The number of aliphatic hydroxyl groups excluding tert-OH is 1. The summed E-state index contributed by atoms with van der Waals surface area (Å²) >= 11 is 1.42. The van der Waals surface area contributed by atoms with Gasteiger partial charge in [-0.3, -0.25) is 9.59 Å². The zero-order valence-corrected chi connectivity index (χ0v) is 13.4. The summed E-state index contributed by atoms with van der Waals surface area (Å²) in [4.78, 5) is 26.7. The smallest absolute Gasteiger partial charge is 0.260 e. The molecule has 2 aromatic heterocycles. The topological polar surface area (TPSA) is 110 Å². The van der Waals surface area contributed by atoms with Gasteiger partial charge in [0.15, 0.2) is 5.76 Å². The lowest BCUT2D eigenvalue weighted by Gasteiger charge is -2.22. The number of thiophene rings is 1. The molecule has 0 aliphatic carbocycles. The average Bonchev–Trinajstić information content (AvgIpc) is 3.24. The van der Waals surface area contributed by atoms with Gasteiger partial charge in [0.25, 0.3) is 5.91 Å². The highest BCUT2D eigenvalue weighted by Crippen LogP contribution is 2.34. The van der Waals surface area contributed by atoms with Crippen molar-refractivity contribution in [1.29, 1.82) is 0 Å². The molecule has 23 heavy (non-hydrogen) atoms. The first-order valence-corrected chi connectivity index (χ1v) is 8.20. The van der Waals surface area contributed by atoms with E-state index in [4.69, 9.17) is 10.3 Å².